The van der Waals surface area contributed by atoms with Gasteiger partial charge < -0.3 is 20.5 Å². The molecule has 8 nitrogen and oxygen atoms in total. The Bertz CT molecular complexity index is 673. The minimum absolute atomic E-state index is 0.208. The molecule has 1 aromatic carbocycles. The van der Waals surface area contributed by atoms with E-state index in [0.29, 0.717) is 12.8 Å². The lowest BCUT2D eigenvalue weighted by Gasteiger charge is -2.24. The van der Waals surface area contributed by atoms with Crippen molar-refractivity contribution >= 4 is 17.8 Å². The van der Waals surface area contributed by atoms with E-state index < -0.39 is 29.7 Å². The number of rotatable bonds is 10. The van der Waals surface area contributed by atoms with Crippen LogP contribution in [0.3, 0.4) is 0 Å². The van der Waals surface area contributed by atoms with Gasteiger partial charge in [0, 0.05) is 0 Å². The molecule has 0 aliphatic rings. The highest BCUT2D eigenvalue weighted by atomic mass is 16.6. The maximum atomic E-state index is 12.5. The van der Waals surface area contributed by atoms with Gasteiger partial charge in [0.1, 0.15) is 5.60 Å². The number of hydrogen-bond donors (Lipinski definition) is 4. The molecule has 3 atom stereocenters. The minimum Gasteiger partial charge on any atom is -0.444 e. The van der Waals surface area contributed by atoms with Crippen LogP contribution in [-0.4, -0.2) is 47.3 Å². The summed E-state index contributed by atoms with van der Waals surface area (Å²) in [5.41, 5.74) is 0.246. The maximum absolute atomic E-state index is 12.5. The van der Waals surface area contributed by atoms with E-state index in [0.717, 1.165) is 5.56 Å². The van der Waals surface area contributed by atoms with E-state index in [4.69, 9.17) is 4.74 Å². The molecule has 1 aromatic rings. The van der Waals surface area contributed by atoms with Gasteiger partial charge in [-0.3, -0.25) is 14.9 Å². The van der Waals surface area contributed by atoms with Crippen molar-refractivity contribution in [3.8, 4) is 0 Å². The van der Waals surface area contributed by atoms with E-state index in [9.17, 15) is 19.5 Å². The Morgan fingerprint density at radius 1 is 1.10 bits per heavy atom. The summed E-state index contributed by atoms with van der Waals surface area (Å²) < 4.78 is 5.16. The Hall–Kier alpha value is -2.45. The van der Waals surface area contributed by atoms with Gasteiger partial charge in [-0.25, -0.2) is 4.79 Å². The fraction of sp³-hybridized carbons (Fsp3) is 0.571. The van der Waals surface area contributed by atoms with E-state index in [2.05, 4.69) is 16.0 Å². The van der Waals surface area contributed by atoms with Gasteiger partial charge in [-0.05, 0) is 39.7 Å². The van der Waals surface area contributed by atoms with Crippen molar-refractivity contribution in [1.29, 1.82) is 0 Å². The fourth-order valence-electron chi connectivity index (χ4n) is 2.62. The normalized spacial score (nSPS) is 14.4. The van der Waals surface area contributed by atoms with Gasteiger partial charge in [0.2, 0.25) is 5.91 Å². The van der Waals surface area contributed by atoms with Crippen molar-refractivity contribution in [2.75, 3.05) is 6.54 Å². The number of carbonyl (C=O) groups excluding carboxylic acids is 3. The Morgan fingerprint density at radius 2 is 1.72 bits per heavy atom. The number of nitrogens with one attached hydrogen (secondary N) is 3. The zero-order valence-corrected chi connectivity index (χ0v) is 17.8. The minimum atomic E-state index is -1.58. The molecular weight excluding hydrogens is 374 g/mol. The smallest absolute Gasteiger partial charge is 0.408 e. The first-order valence-corrected chi connectivity index (χ1v) is 9.82. The number of amides is 2. The summed E-state index contributed by atoms with van der Waals surface area (Å²) in [5.74, 6) is -0.984. The summed E-state index contributed by atoms with van der Waals surface area (Å²) in [6.45, 7) is 8.61. The lowest BCUT2D eigenvalue weighted by atomic mass is 10.1. The highest BCUT2D eigenvalue weighted by molar-refractivity contribution is 5.91. The predicted molar refractivity (Wildman–Crippen MR) is 110 cm³/mol. The Balaban J connectivity index is 2.54. The van der Waals surface area contributed by atoms with Crippen molar-refractivity contribution in [1.82, 2.24) is 16.0 Å². The third-order valence-corrected chi connectivity index (χ3v) is 4.01. The molecule has 8 heteroatoms. The van der Waals surface area contributed by atoms with E-state index in [-0.39, 0.29) is 18.5 Å². The standard InChI is InChI=1S/C21H33N3O5/c1-6-10-16(24-20(28)29-21(3,4)5)18(26)19(27)22-13-17(25)23-14(2)15-11-8-7-9-12-15/h7-9,11-12,14,16,19,22,27H,6,10,13H2,1-5H3,(H,23,25)(H,24,28)/t14-,16?,19+/m1/s1. The molecule has 0 heterocycles. The van der Waals surface area contributed by atoms with Crippen LogP contribution in [0, 0.1) is 0 Å². The molecule has 162 valence electrons. The first-order valence-electron chi connectivity index (χ1n) is 9.82. The SMILES string of the molecule is CCCC(NC(=O)OC(C)(C)C)C(=O)[C@H](O)NCC(=O)N[C@H](C)c1ccccc1. The monoisotopic (exact) mass is 407 g/mol. The lowest BCUT2D eigenvalue weighted by molar-refractivity contribution is -0.131. The van der Waals surface area contributed by atoms with Gasteiger partial charge in [0.05, 0.1) is 18.6 Å². The van der Waals surface area contributed by atoms with Crippen LogP contribution in [0.4, 0.5) is 4.79 Å². The average Bonchev–Trinajstić information content (AvgIpc) is 2.64. The molecule has 2 amide bonds. The topological polar surface area (TPSA) is 117 Å². The molecule has 0 saturated carbocycles. The average molecular weight is 408 g/mol. The molecule has 0 aliphatic carbocycles. The third kappa shape index (κ3) is 9.54. The summed E-state index contributed by atoms with van der Waals surface area (Å²) in [5, 5.41) is 17.9. The van der Waals surface area contributed by atoms with Crippen LogP contribution in [0.1, 0.15) is 59.1 Å². The number of Topliss-reactive ketones (excluding diaryl/α,β-unsaturated/α-hetero) is 1. The van der Waals surface area contributed by atoms with Crippen molar-refractivity contribution in [3.05, 3.63) is 35.9 Å². The molecule has 0 saturated heterocycles. The van der Waals surface area contributed by atoms with Crippen molar-refractivity contribution in [2.24, 2.45) is 0 Å². The van der Waals surface area contributed by atoms with Crippen LogP contribution in [-0.2, 0) is 14.3 Å². The lowest BCUT2D eigenvalue weighted by Crippen LogP contribution is -2.52. The molecule has 0 bridgehead atoms. The van der Waals surface area contributed by atoms with Gasteiger partial charge in [-0.2, -0.15) is 0 Å². The molecule has 0 fully saturated rings. The molecule has 1 rings (SSSR count). The second-order valence-electron chi connectivity index (χ2n) is 7.87. The highest BCUT2D eigenvalue weighted by Gasteiger charge is 2.28. The van der Waals surface area contributed by atoms with E-state index in [1.54, 1.807) is 20.8 Å². The predicted octanol–water partition coefficient (Wildman–Crippen LogP) is 2.03. The summed E-state index contributed by atoms with van der Waals surface area (Å²) in [6, 6.07) is 8.32. The molecule has 4 N–H and O–H groups in total. The van der Waals surface area contributed by atoms with Crippen molar-refractivity contribution < 1.29 is 24.2 Å². The van der Waals surface area contributed by atoms with Crippen LogP contribution < -0.4 is 16.0 Å². The molecule has 29 heavy (non-hydrogen) atoms. The molecule has 0 aromatic heterocycles. The number of alkyl carbamates (subject to hydrolysis) is 1. The first-order chi connectivity index (χ1) is 13.5. The number of ketones is 1. The number of benzene rings is 1. The van der Waals surface area contributed by atoms with E-state index in [1.807, 2.05) is 44.2 Å². The fourth-order valence-corrected chi connectivity index (χ4v) is 2.62. The first kappa shape index (κ1) is 24.6. The third-order valence-electron chi connectivity index (χ3n) is 4.01. The van der Waals surface area contributed by atoms with Gasteiger partial charge in [-0.15, -0.1) is 0 Å². The molecule has 0 spiro atoms. The number of ether oxygens (including phenoxy) is 1. The molecule has 0 aliphatic heterocycles. The zero-order chi connectivity index (χ0) is 22.0. The molecular formula is C21H33N3O5. The van der Waals surface area contributed by atoms with E-state index >= 15 is 0 Å². The zero-order valence-electron chi connectivity index (χ0n) is 17.8. The quantitative estimate of drug-likeness (QED) is 0.441. The van der Waals surface area contributed by atoms with E-state index in [1.165, 1.54) is 0 Å². The van der Waals surface area contributed by atoms with Gasteiger partial charge in [0.25, 0.3) is 0 Å². The second kappa shape index (κ2) is 11.5. The Labute approximate surface area is 172 Å². The summed E-state index contributed by atoms with van der Waals surface area (Å²) in [7, 11) is 0. The maximum Gasteiger partial charge on any atom is 0.408 e. The molecule has 1 unspecified atom stereocenters. The number of hydrogen-bond acceptors (Lipinski definition) is 6. The Kier molecular flexibility index (Phi) is 9.77. The molecule has 0 radical (unpaired) electrons. The van der Waals surface area contributed by atoms with Crippen LogP contribution >= 0.6 is 0 Å². The Morgan fingerprint density at radius 3 is 2.28 bits per heavy atom. The number of aliphatic hydroxyl groups is 1. The van der Waals surface area contributed by atoms with Crippen LogP contribution in [0.15, 0.2) is 30.3 Å². The van der Waals surface area contributed by atoms with Gasteiger partial charge in [0.15, 0.2) is 12.0 Å². The highest BCUT2D eigenvalue weighted by Crippen LogP contribution is 2.11. The van der Waals surface area contributed by atoms with Gasteiger partial charge in [-0.1, -0.05) is 43.7 Å². The van der Waals surface area contributed by atoms with Crippen molar-refractivity contribution in [3.63, 3.8) is 0 Å². The number of aliphatic hydroxyl groups excluding tert-OH is 1. The summed E-state index contributed by atoms with van der Waals surface area (Å²) >= 11 is 0. The summed E-state index contributed by atoms with van der Waals surface area (Å²) in [4.78, 5) is 36.5. The summed E-state index contributed by atoms with van der Waals surface area (Å²) in [6.07, 6.45) is -1.35. The largest absolute Gasteiger partial charge is 0.444 e. The van der Waals surface area contributed by atoms with Crippen LogP contribution in [0.5, 0.6) is 0 Å². The van der Waals surface area contributed by atoms with Crippen LogP contribution in [0.25, 0.3) is 0 Å². The second-order valence-corrected chi connectivity index (χ2v) is 7.87. The van der Waals surface area contributed by atoms with Crippen LogP contribution in [0.2, 0.25) is 0 Å². The van der Waals surface area contributed by atoms with Gasteiger partial charge >= 0.3 is 6.09 Å². The number of carbonyl (C=O) groups is 3. The van der Waals surface area contributed by atoms with Crippen molar-refractivity contribution in [2.45, 2.75) is 71.4 Å².